The summed E-state index contributed by atoms with van der Waals surface area (Å²) < 4.78 is 6.12. The van der Waals surface area contributed by atoms with Gasteiger partial charge in [0.25, 0.3) is 11.8 Å². The highest BCUT2D eigenvalue weighted by Gasteiger charge is 2.10. The van der Waals surface area contributed by atoms with Crippen LogP contribution < -0.4 is 15.6 Å². The number of amides is 2. The number of hydrazine groups is 1. The van der Waals surface area contributed by atoms with E-state index in [0.717, 1.165) is 3.79 Å². The van der Waals surface area contributed by atoms with Gasteiger partial charge in [0.15, 0.2) is 12.4 Å². The Labute approximate surface area is 151 Å². The summed E-state index contributed by atoms with van der Waals surface area (Å²) in [6, 6.07) is 9.93. The van der Waals surface area contributed by atoms with Gasteiger partial charge in [-0.3, -0.25) is 25.2 Å². The Morgan fingerprint density at radius 3 is 2.38 bits per heavy atom. The third-order valence-electron chi connectivity index (χ3n) is 2.98. The summed E-state index contributed by atoms with van der Waals surface area (Å²) in [5.74, 6) is -0.386. The molecule has 0 aliphatic rings. The number of ketones is 1. The van der Waals surface area contributed by atoms with Crippen molar-refractivity contribution in [1.29, 1.82) is 0 Å². The van der Waals surface area contributed by atoms with Crippen molar-refractivity contribution in [3.63, 3.8) is 0 Å². The van der Waals surface area contributed by atoms with Crippen LogP contribution in [0.5, 0.6) is 5.75 Å². The molecule has 126 valence electrons. The average molecular weight is 411 g/mol. The van der Waals surface area contributed by atoms with Crippen LogP contribution in [-0.2, 0) is 4.79 Å². The monoisotopic (exact) mass is 410 g/mol. The number of Topliss-reactive ketones (excluding diaryl/α,β-unsaturated/α-hetero) is 1. The van der Waals surface area contributed by atoms with E-state index in [1.54, 1.807) is 43.3 Å². The molecule has 2 aromatic rings. The Hall–Kier alpha value is -2.19. The van der Waals surface area contributed by atoms with Crippen LogP contribution in [0.4, 0.5) is 0 Å². The van der Waals surface area contributed by atoms with Gasteiger partial charge < -0.3 is 4.74 Å². The van der Waals surface area contributed by atoms with Gasteiger partial charge in [0.05, 0.1) is 8.66 Å². The quantitative estimate of drug-likeness (QED) is 0.566. The number of nitrogens with one attached hydrogen (secondary N) is 2. The number of hydrogen-bond acceptors (Lipinski definition) is 5. The maximum absolute atomic E-state index is 11.8. The Balaban J connectivity index is 1.76. The van der Waals surface area contributed by atoms with Crippen LogP contribution >= 0.6 is 27.3 Å². The van der Waals surface area contributed by atoms with Crippen molar-refractivity contribution in [2.24, 2.45) is 0 Å². The molecule has 8 heteroatoms. The Morgan fingerprint density at radius 1 is 1.08 bits per heavy atom. The molecule has 0 fully saturated rings. The summed E-state index contributed by atoms with van der Waals surface area (Å²) in [6.45, 7) is 1.54. The number of halogens is 1. The van der Waals surface area contributed by atoms with Crippen LogP contribution in [0.15, 0.2) is 40.2 Å². The number of carbonyl (C=O) groups is 3. The molecule has 6 nitrogen and oxygen atoms in total. The fourth-order valence-electron chi connectivity index (χ4n) is 1.75. The number of ether oxygens (including phenoxy) is 1. The van der Waals surface area contributed by atoms with Crippen molar-refractivity contribution >= 4 is 44.9 Å². The largest absolute Gasteiger partial charge is 0.484 e. The zero-order chi connectivity index (χ0) is 17.5. The second-order valence-electron chi connectivity index (χ2n) is 4.70. The third-order valence-corrected chi connectivity index (χ3v) is 4.60. The molecule has 0 aliphatic heterocycles. The zero-order valence-corrected chi connectivity index (χ0v) is 15.2. The first-order valence-electron chi connectivity index (χ1n) is 7.10. The first kappa shape index (κ1) is 18.2. The maximum Gasteiger partial charge on any atom is 0.279 e. The summed E-state index contributed by atoms with van der Waals surface area (Å²) in [6.07, 6.45) is 0.434. The molecule has 2 amide bonds. The Kier molecular flexibility index (Phi) is 6.51. The topological polar surface area (TPSA) is 84.5 Å². The van der Waals surface area contributed by atoms with Crippen LogP contribution in [0, 0.1) is 0 Å². The fraction of sp³-hybridized carbons (Fsp3) is 0.188. The van der Waals surface area contributed by atoms with Crippen molar-refractivity contribution in [3.05, 3.63) is 50.6 Å². The summed E-state index contributed by atoms with van der Waals surface area (Å²) in [4.78, 5) is 35.4. The maximum atomic E-state index is 11.8. The molecule has 1 aromatic carbocycles. The van der Waals surface area contributed by atoms with Crippen LogP contribution in [0.1, 0.15) is 33.4 Å². The lowest BCUT2D eigenvalue weighted by Gasteiger charge is -2.08. The molecule has 0 saturated carbocycles. The summed E-state index contributed by atoms with van der Waals surface area (Å²) >= 11 is 4.52. The van der Waals surface area contributed by atoms with Crippen molar-refractivity contribution in [3.8, 4) is 5.75 Å². The minimum atomic E-state index is -0.493. The predicted octanol–water partition coefficient (Wildman–Crippen LogP) is 2.94. The van der Waals surface area contributed by atoms with Crippen LogP contribution in [-0.4, -0.2) is 24.2 Å². The van der Waals surface area contributed by atoms with Gasteiger partial charge in [0.1, 0.15) is 5.75 Å². The summed E-state index contributed by atoms with van der Waals surface area (Å²) in [5.41, 5.74) is 5.18. The van der Waals surface area contributed by atoms with E-state index in [0.29, 0.717) is 22.6 Å². The molecule has 0 bridgehead atoms. The Bertz CT molecular complexity index is 743. The first-order chi connectivity index (χ1) is 11.5. The Morgan fingerprint density at radius 2 is 1.79 bits per heavy atom. The molecule has 0 saturated heterocycles. The molecule has 0 aliphatic carbocycles. The van der Waals surface area contributed by atoms with Crippen molar-refractivity contribution in [1.82, 2.24) is 10.9 Å². The third kappa shape index (κ3) is 5.17. The normalized spacial score (nSPS) is 10.1. The number of rotatable bonds is 6. The lowest BCUT2D eigenvalue weighted by Crippen LogP contribution is -2.43. The van der Waals surface area contributed by atoms with Crippen LogP contribution in [0.25, 0.3) is 0 Å². The fourth-order valence-corrected chi connectivity index (χ4v) is 3.03. The van der Waals surface area contributed by atoms with Gasteiger partial charge in [-0.1, -0.05) is 6.92 Å². The number of hydrogen-bond donors (Lipinski definition) is 2. The minimum absolute atomic E-state index is 0.0437. The highest BCUT2D eigenvalue weighted by atomic mass is 79.9. The molecular weight excluding hydrogens is 396 g/mol. The highest BCUT2D eigenvalue weighted by molar-refractivity contribution is 9.11. The predicted molar refractivity (Wildman–Crippen MR) is 94.2 cm³/mol. The molecule has 0 radical (unpaired) electrons. The lowest BCUT2D eigenvalue weighted by atomic mass is 10.1. The van der Waals surface area contributed by atoms with Crippen LogP contribution in [0.2, 0.25) is 0 Å². The van der Waals surface area contributed by atoms with Crippen LogP contribution in [0.3, 0.4) is 0 Å². The molecule has 24 heavy (non-hydrogen) atoms. The molecular formula is C16H15BrN2O4S. The molecule has 0 unspecified atom stereocenters. The highest BCUT2D eigenvalue weighted by Crippen LogP contribution is 2.21. The van der Waals surface area contributed by atoms with Crippen molar-refractivity contribution < 1.29 is 19.1 Å². The lowest BCUT2D eigenvalue weighted by molar-refractivity contribution is -0.123. The van der Waals surface area contributed by atoms with E-state index >= 15 is 0 Å². The van der Waals surface area contributed by atoms with Gasteiger partial charge in [0, 0.05) is 12.0 Å². The van der Waals surface area contributed by atoms with Gasteiger partial charge in [-0.05, 0) is 52.3 Å². The summed E-state index contributed by atoms with van der Waals surface area (Å²) in [7, 11) is 0. The van der Waals surface area contributed by atoms with Gasteiger partial charge in [-0.15, -0.1) is 11.3 Å². The smallest absolute Gasteiger partial charge is 0.279 e. The van der Waals surface area contributed by atoms with E-state index in [9.17, 15) is 14.4 Å². The van der Waals surface area contributed by atoms with E-state index in [-0.39, 0.29) is 12.4 Å². The van der Waals surface area contributed by atoms with E-state index < -0.39 is 11.8 Å². The van der Waals surface area contributed by atoms with Crippen molar-refractivity contribution in [2.75, 3.05) is 6.61 Å². The molecule has 0 spiro atoms. The molecule has 1 heterocycles. The van der Waals surface area contributed by atoms with Gasteiger partial charge >= 0.3 is 0 Å². The number of thiophene rings is 1. The van der Waals surface area contributed by atoms with E-state index in [1.807, 2.05) is 0 Å². The SMILES string of the molecule is CCC(=O)c1ccc(OCC(=O)NNC(=O)c2ccc(Br)s2)cc1. The van der Waals surface area contributed by atoms with E-state index in [2.05, 4.69) is 26.8 Å². The second kappa shape index (κ2) is 8.60. The van der Waals surface area contributed by atoms with Gasteiger partial charge in [-0.25, -0.2) is 0 Å². The zero-order valence-electron chi connectivity index (χ0n) is 12.8. The van der Waals surface area contributed by atoms with Crippen molar-refractivity contribution in [2.45, 2.75) is 13.3 Å². The molecule has 2 rings (SSSR count). The molecule has 2 N–H and O–H groups in total. The van der Waals surface area contributed by atoms with Gasteiger partial charge in [-0.2, -0.15) is 0 Å². The summed E-state index contributed by atoms with van der Waals surface area (Å²) in [5, 5.41) is 0. The minimum Gasteiger partial charge on any atom is -0.484 e. The van der Waals surface area contributed by atoms with E-state index in [4.69, 9.17) is 4.74 Å². The number of carbonyl (C=O) groups excluding carboxylic acids is 3. The first-order valence-corrected chi connectivity index (χ1v) is 8.71. The molecule has 1 aromatic heterocycles. The van der Waals surface area contributed by atoms with Gasteiger partial charge in [0.2, 0.25) is 0 Å². The number of benzene rings is 1. The van der Waals surface area contributed by atoms with E-state index in [1.165, 1.54) is 11.3 Å². The molecule has 0 atom stereocenters. The second-order valence-corrected chi connectivity index (χ2v) is 7.16. The average Bonchev–Trinajstić information content (AvgIpc) is 3.04. The standard InChI is InChI=1S/C16H15BrN2O4S/c1-2-12(20)10-3-5-11(6-4-10)23-9-15(21)18-19-16(22)13-7-8-14(17)24-13/h3-8H,2,9H2,1H3,(H,18,21)(H,19,22).